The second kappa shape index (κ2) is 4.67. The Balaban J connectivity index is 2.07. The lowest BCUT2D eigenvalue weighted by molar-refractivity contribution is -0.0508. The van der Waals surface area contributed by atoms with Gasteiger partial charge in [-0.25, -0.2) is 9.97 Å². The van der Waals surface area contributed by atoms with Crippen molar-refractivity contribution in [2.75, 3.05) is 12.3 Å². The summed E-state index contributed by atoms with van der Waals surface area (Å²) < 4.78 is 7.07. The predicted molar refractivity (Wildman–Crippen MR) is 69.7 cm³/mol. The van der Waals surface area contributed by atoms with Crippen LogP contribution in [0.1, 0.15) is 12.1 Å². The van der Waals surface area contributed by atoms with E-state index in [1.807, 2.05) is 0 Å². The largest absolute Gasteiger partial charge is 0.394 e. The summed E-state index contributed by atoms with van der Waals surface area (Å²) in [5.41, 5.74) is 6.35. The summed E-state index contributed by atoms with van der Waals surface area (Å²) in [6.45, 7) is 1.34. The molecular weight excluding hydrogens is 264 g/mol. The number of aliphatic hydroxyl groups excluding tert-OH is 3. The quantitative estimate of drug-likeness (QED) is 0.552. The molecule has 108 valence electrons. The van der Waals surface area contributed by atoms with Crippen molar-refractivity contribution in [3.05, 3.63) is 18.1 Å². The molecule has 20 heavy (non-hydrogen) atoms. The number of nitrogens with two attached hydrogens (primary N) is 1. The Morgan fingerprint density at radius 3 is 2.75 bits per heavy atom. The van der Waals surface area contributed by atoms with Gasteiger partial charge in [-0.2, -0.15) is 0 Å². The molecule has 1 fully saturated rings. The summed E-state index contributed by atoms with van der Waals surface area (Å²) in [6, 6.07) is 1.72. The minimum absolute atomic E-state index is 0.345. The molecule has 2 aromatic rings. The molecule has 0 spiro atoms. The highest BCUT2D eigenvalue weighted by Gasteiger charge is 2.43. The minimum atomic E-state index is -1.15. The standard InChI is InChI=1S/C12H16N4O4/c1-5-14-10(13)6-2-3-16(11(6)15-5)12-9(19)8(18)7(4-17)20-12/h2-3,7-9,12,17-19H,4H2,1H3,(H2,13,14,15)/t7-,8-,9-,12-/m1/s1. The number of aryl methyl sites for hydroxylation is 1. The van der Waals surface area contributed by atoms with Crippen LogP contribution in [0, 0.1) is 6.92 Å². The van der Waals surface area contributed by atoms with Gasteiger partial charge in [0.1, 0.15) is 35.6 Å². The van der Waals surface area contributed by atoms with Crippen molar-refractivity contribution in [2.24, 2.45) is 0 Å². The summed E-state index contributed by atoms with van der Waals surface area (Å²) in [7, 11) is 0. The highest BCUT2D eigenvalue weighted by Crippen LogP contribution is 2.32. The van der Waals surface area contributed by atoms with E-state index in [1.54, 1.807) is 23.8 Å². The molecule has 0 amide bonds. The number of hydrogen-bond acceptors (Lipinski definition) is 7. The SMILES string of the molecule is Cc1nc(N)c2ccn([C@@H]3O[C@H](CO)[C@@H](O)[C@H]3O)c2n1. The van der Waals surface area contributed by atoms with Crippen LogP contribution in [0.25, 0.3) is 11.0 Å². The number of hydrogen-bond donors (Lipinski definition) is 4. The number of nitrogen functional groups attached to an aromatic ring is 1. The topological polar surface area (TPSA) is 127 Å². The number of anilines is 1. The van der Waals surface area contributed by atoms with E-state index in [-0.39, 0.29) is 6.61 Å². The maximum atomic E-state index is 10.0. The van der Waals surface area contributed by atoms with Gasteiger partial charge in [0.25, 0.3) is 0 Å². The van der Waals surface area contributed by atoms with Crippen LogP contribution in [-0.4, -0.2) is 54.8 Å². The number of rotatable bonds is 2. The molecule has 8 nitrogen and oxygen atoms in total. The molecule has 0 radical (unpaired) electrons. The monoisotopic (exact) mass is 280 g/mol. The van der Waals surface area contributed by atoms with E-state index in [9.17, 15) is 10.2 Å². The van der Waals surface area contributed by atoms with Crippen LogP contribution in [0.2, 0.25) is 0 Å². The molecule has 0 aromatic carbocycles. The molecule has 3 rings (SSSR count). The number of fused-ring (bicyclic) bond motifs is 1. The Labute approximate surface area is 114 Å². The first-order chi connectivity index (χ1) is 9.52. The number of ether oxygens (including phenoxy) is 1. The Morgan fingerprint density at radius 1 is 1.35 bits per heavy atom. The van der Waals surface area contributed by atoms with Crippen LogP contribution in [0.3, 0.4) is 0 Å². The molecule has 0 bridgehead atoms. The van der Waals surface area contributed by atoms with E-state index in [1.165, 1.54) is 0 Å². The van der Waals surface area contributed by atoms with Gasteiger partial charge in [0.2, 0.25) is 0 Å². The van der Waals surface area contributed by atoms with Crippen molar-refractivity contribution in [3.8, 4) is 0 Å². The second-order valence-corrected chi connectivity index (χ2v) is 4.85. The predicted octanol–water partition coefficient (Wildman–Crippen LogP) is -1.07. The highest BCUT2D eigenvalue weighted by molar-refractivity contribution is 5.86. The van der Waals surface area contributed by atoms with Crippen molar-refractivity contribution in [3.63, 3.8) is 0 Å². The van der Waals surface area contributed by atoms with Crippen LogP contribution in [0.15, 0.2) is 12.3 Å². The maximum Gasteiger partial charge on any atom is 0.164 e. The number of nitrogens with zero attached hydrogens (tertiary/aromatic N) is 3. The van der Waals surface area contributed by atoms with Gasteiger partial charge >= 0.3 is 0 Å². The van der Waals surface area contributed by atoms with Crippen LogP contribution < -0.4 is 5.73 Å². The molecule has 1 aliphatic rings. The normalized spacial score (nSPS) is 30.2. The fraction of sp³-hybridized carbons (Fsp3) is 0.500. The second-order valence-electron chi connectivity index (χ2n) is 4.85. The van der Waals surface area contributed by atoms with E-state index in [0.29, 0.717) is 22.7 Å². The van der Waals surface area contributed by atoms with Gasteiger partial charge in [-0.3, -0.25) is 0 Å². The van der Waals surface area contributed by atoms with E-state index in [0.717, 1.165) is 0 Å². The van der Waals surface area contributed by atoms with E-state index < -0.39 is 24.5 Å². The summed E-state index contributed by atoms with van der Waals surface area (Å²) >= 11 is 0. The third-order valence-corrected chi connectivity index (χ3v) is 3.50. The van der Waals surface area contributed by atoms with Crippen LogP contribution in [-0.2, 0) is 4.74 Å². The zero-order chi connectivity index (χ0) is 14.4. The zero-order valence-electron chi connectivity index (χ0n) is 10.8. The lowest BCUT2D eigenvalue weighted by Crippen LogP contribution is -2.33. The summed E-state index contributed by atoms with van der Waals surface area (Å²) in [5.74, 6) is 0.847. The average molecular weight is 280 g/mol. The first-order valence-electron chi connectivity index (χ1n) is 6.26. The highest BCUT2D eigenvalue weighted by atomic mass is 16.6. The van der Waals surface area contributed by atoms with Gasteiger partial charge in [0, 0.05) is 6.20 Å². The van der Waals surface area contributed by atoms with Gasteiger partial charge in [-0.05, 0) is 13.0 Å². The van der Waals surface area contributed by atoms with E-state index in [4.69, 9.17) is 15.6 Å². The van der Waals surface area contributed by atoms with Crippen molar-refractivity contribution < 1.29 is 20.1 Å². The molecule has 5 N–H and O–H groups in total. The molecule has 4 atom stereocenters. The lowest BCUT2D eigenvalue weighted by Gasteiger charge is -2.17. The van der Waals surface area contributed by atoms with Gasteiger partial charge in [-0.1, -0.05) is 0 Å². The first kappa shape index (κ1) is 13.3. The van der Waals surface area contributed by atoms with Crippen molar-refractivity contribution in [2.45, 2.75) is 31.5 Å². The van der Waals surface area contributed by atoms with Crippen molar-refractivity contribution in [1.29, 1.82) is 0 Å². The average Bonchev–Trinajstić information content (AvgIpc) is 2.93. The Morgan fingerprint density at radius 2 is 2.10 bits per heavy atom. The van der Waals surface area contributed by atoms with Crippen LogP contribution in [0.5, 0.6) is 0 Å². The van der Waals surface area contributed by atoms with Gasteiger partial charge in [0.05, 0.1) is 12.0 Å². The molecular formula is C12H16N4O4. The van der Waals surface area contributed by atoms with E-state index in [2.05, 4.69) is 9.97 Å². The Kier molecular flexibility index (Phi) is 3.09. The van der Waals surface area contributed by atoms with E-state index >= 15 is 0 Å². The molecule has 0 aliphatic carbocycles. The molecule has 8 heteroatoms. The molecule has 0 saturated carbocycles. The zero-order valence-corrected chi connectivity index (χ0v) is 10.8. The van der Waals surface area contributed by atoms with Crippen LogP contribution in [0.4, 0.5) is 5.82 Å². The molecule has 1 aliphatic heterocycles. The first-order valence-corrected chi connectivity index (χ1v) is 6.26. The Hall–Kier alpha value is -1.74. The van der Waals surface area contributed by atoms with Crippen molar-refractivity contribution in [1.82, 2.24) is 14.5 Å². The summed E-state index contributed by atoms with van der Waals surface area (Å²) in [6.07, 6.45) is -2.29. The smallest absolute Gasteiger partial charge is 0.164 e. The third kappa shape index (κ3) is 1.85. The molecule has 2 aromatic heterocycles. The summed E-state index contributed by atoms with van der Waals surface area (Å²) in [4.78, 5) is 8.36. The number of aliphatic hydroxyl groups is 3. The minimum Gasteiger partial charge on any atom is -0.394 e. The number of aromatic nitrogens is 3. The van der Waals surface area contributed by atoms with Gasteiger partial charge < -0.3 is 30.4 Å². The van der Waals surface area contributed by atoms with Crippen molar-refractivity contribution >= 4 is 16.9 Å². The summed E-state index contributed by atoms with van der Waals surface area (Å²) in [5, 5.41) is 29.6. The van der Waals surface area contributed by atoms with Gasteiger partial charge in [-0.15, -0.1) is 0 Å². The Bertz CT molecular complexity index is 644. The van der Waals surface area contributed by atoms with Gasteiger partial charge in [0.15, 0.2) is 6.23 Å². The lowest BCUT2D eigenvalue weighted by atomic mass is 10.1. The molecule has 1 saturated heterocycles. The fourth-order valence-corrected chi connectivity index (χ4v) is 2.48. The fourth-order valence-electron chi connectivity index (χ4n) is 2.48. The maximum absolute atomic E-state index is 10.0. The molecule has 3 heterocycles. The third-order valence-electron chi connectivity index (χ3n) is 3.50. The molecule has 0 unspecified atom stereocenters. The van der Waals surface area contributed by atoms with Crippen LogP contribution >= 0.6 is 0 Å².